The molecule has 1 amide bonds. The smallest absolute Gasteiger partial charge is 0.256 e. The first-order valence-corrected chi connectivity index (χ1v) is 8.66. The van der Waals surface area contributed by atoms with Crippen LogP contribution in [0.4, 0.5) is 5.82 Å². The summed E-state index contributed by atoms with van der Waals surface area (Å²) in [6.07, 6.45) is 5.18. The zero-order chi connectivity index (χ0) is 16.9. The zero-order valence-corrected chi connectivity index (χ0v) is 14.4. The molecule has 0 bridgehead atoms. The van der Waals surface area contributed by atoms with E-state index in [1.807, 2.05) is 19.1 Å². The van der Waals surface area contributed by atoms with Crippen molar-refractivity contribution in [2.45, 2.75) is 33.1 Å². The molecule has 0 radical (unpaired) electrons. The Bertz CT molecular complexity index is 723. The number of benzene rings is 1. The van der Waals surface area contributed by atoms with Gasteiger partial charge in [0.05, 0.1) is 0 Å². The van der Waals surface area contributed by atoms with Crippen molar-refractivity contribution in [1.82, 2.24) is 15.3 Å². The number of carbonyl (C=O) groups is 1. The number of carbonyl (C=O) groups excluding carboxylic acids is 1. The van der Waals surface area contributed by atoms with E-state index in [0.717, 1.165) is 37.3 Å². The van der Waals surface area contributed by atoms with Crippen LogP contribution < -0.4 is 10.2 Å². The number of aromatic nitrogens is 2. The van der Waals surface area contributed by atoms with Gasteiger partial charge in [0.1, 0.15) is 11.4 Å². The lowest BCUT2D eigenvalue weighted by molar-refractivity contribution is 0.0955. The second kappa shape index (κ2) is 7.43. The van der Waals surface area contributed by atoms with Crippen LogP contribution in [0.25, 0.3) is 11.4 Å². The molecule has 0 aliphatic carbocycles. The summed E-state index contributed by atoms with van der Waals surface area (Å²) < 4.78 is 0. The van der Waals surface area contributed by atoms with Gasteiger partial charge in [0, 0.05) is 31.4 Å². The minimum Gasteiger partial charge on any atom is -0.356 e. The Morgan fingerprint density at radius 2 is 2.04 bits per heavy atom. The van der Waals surface area contributed by atoms with Crippen LogP contribution in [0.15, 0.2) is 30.5 Å². The molecule has 1 fully saturated rings. The van der Waals surface area contributed by atoms with Crippen molar-refractivity contribution in [3.05, 3.63) is 41.6 Å². The van der Waals surface area contributed by atoms with Crippen molar-refractivity contribution >= 4 is 11.7 Å². The fraction of sp³-hybridized carbons (Fsp3) is 0.421. The van der Waals surface area contributed by atoms with Gasteiger partial charge in [-0.25, -0.2) is 9.97 Å². The predicted octanol–water partition coefficient (Wildman–Crippen LogP) is 3.19. The van der Waals surface area contributed by atoms with Crippen LogP contribution in [0.1, 0.15) is 42.1 Å². The summed E-state index contributed by atoms with van der Waals surface area (Å²) in [4.78, 5) is 23.8. The third kappa shape index (κ3) is 3.55. The molecule has 1 saturated heterocycles. The summed E-state index contributed by atoms with van der Waals surface area (Å²) in [6.45, 7) is 6.45. The molecular weight excluding hydrogens is 300 g/mol. The van der Waals surface area contributed by atoms with Gasteiger partial charge in [0.2, 0.25) is 0 Å². The lowest BCUT2D eigenvalue weighted by atomic mass is 10.1. The largest absolute Gasteiger partial charge is 0.356 e. The number of piperidine rings is 1. The average Bonchev–Trinajstić information content (AvgIpc) is 2.62. The molecular formula is C19H24N4O. The van der Waals surface area contributed by atoms with Crippen molar-refractivity contribution in [2.24, 2.45) is 0 Å². The maximum atomic E-state index is 12.4. The molecule has 3 rings (SSSR count). The predicted molar refractivity (Wildman–Crippen MR) is 96.3 cm³/mol. The molecule has 1 aliphatic rings. The SMILES string of the molecule is CCNC(=O)c1cnc(-c2cccc(C)c2)nc1N1CCCCC1. The summed E-state index contributed by atoms with van der Waals surface area (Å²) in [5.74, 6) is 1.33. The third-order valence-corrected chi connectivity index (χ3v) is 4.28. The van der Waals surface area contributed by atoms with Gasteiger partial charge < -0.3 is 10.2 Å². The first-order valence-electron chi connectivity index (χ1n) is 8.66. The maximum Gasteiger partial charge on any atom is 0.256 e. The summed E-state index contributed by atoms with van der Waals surface area (Å²) >= 11 is 0. The van der Waals surface area contributed by atoms with E-state index in [4.69, 9.17) is 4.98 Å². The van der Waals surface area contributed by atoms with E-state index in [2.05, 4.69) is 34.3 Å². The first kappa shape index (κ1) is 16.4. The molecule has 0 atom stereocenters. The van der Waals surface area contributed by atoms with E-state index >= 15 is 0 Å². The second-order valence-corrected chi connectivity index (χ2v) is 6.21. The van der Waals surface area contributed by atoms with Crippen LogP contribution in [-0.2, 0) is 0 Å². The average molecular weight is 324 g/mol. The molecule has 126 valence electrons. The molecule has 5 heteroatoms. The van der Waals surface area contributed by atoms with Crippen LogP contribution in [-0.4, -0.2) is 35.5 Å². The van der Waals surface area contributed by atoms with Crippen LogP contribution in [0.2, 0.25) is 0 Å². The molecule has 2 aromatic rings. The summed E-state index contributed by atoms with van der Waals surface area (Å²) in [5, 5.41) is 2.86. The Morgan fingerprint density at radius 3 is 2.75 bits per heavy atom. The maximum absolute atomic E-state index is 12.4. The number of aryl methyl sites for hydroxylation is 1. The molecule has 1 aromatic carbocycles. The van der Waals surface area contributed by atoms with Gasteiger partial charge in [-0.1, -0.05) is 23.8 Å². The number of hydrogen-bond acceptors (Lipinski definition) is 4. The highest BCUT2D eigenvalue weighted by atomic mass is 16.1. The van der Waals surface area contributed by atoms with Crippen molar-refractivity contribution < 1.29 is 4.79 Å². The number of rotatable bonds is 4. The van der Waals surface area contributed by atoms with Gasteiger partial charge >= 0.3 is 0 Å². The van der Waals surface area contributed by atoms with E-state index in [1.165, 1.54) is 12.0 Å². The minimum absolute atomic E-state index is 0.103. The number of anilines is 1. The van der Waals surface area contributed by atoms with E-state index < -0.39 is 0 Å². The number of hydrogen-bond donors (Lipinski definition) is 1. The van der Waals surface area contributed by atoms with Crippen LogP contribution in [0, 0.1) is 6.92 Å². The van der Waals surface area contributed by atoms with Crippen molar-refractivity contribution in [3.8, 4) is 11.4 Å². The Morgan fingerprint density at radius 1 is 1.25 bits per heavy atom. The summed E-state index contributed by atoms with van der Waals surface area (Å²) in [6, 6.07) is 8.14. The molecule has 5 nitrogen and oxygen atoms in total. The van der Waals surface area contributed by atoms with Gasteiger partial charge in [-0.2, -0.15) is 0 Å². The number of nitrogens with zero attached hydrogens (tertiary/aromatic N) is 3. The van der Waals surface area contributed by atoms with E-state index in [0.29, 0.717) is 17.9 Å². The molecule has 1 N–H and O–H groups in total. The molecule has 0 unspecified atom stereocenters. The molecule has 1 aliphatic heterocycles. The fourth-order valence-electron chi connectivity index (χ4n) is 3.06. The van der Waals surface area contributed by atoms with Gasteiger partial charge in [0.25, 0.3) is 5.91 Å². The lowest BCUT2D eigenvalue weighted by Gasteiger charge is -2.29. The Balaban J connectivity index is 2.02. The number of nitrogens with one attached hydrogen (secondary N) is 1. The highest BCUT2D eigenvalue weighted by Crippen LogP contribution is 2.25. The van der Waals surface area contributed by atoms with Crippen LogP contribution >= 0.6 is 0 Å². The van der Waals surface area contributed by atoms with Gasteiger partial charge in [0.15, 0.2) is 5.82 Å². The summed E-state index contributed by atoms with van der Waals surface area (Å²) in [5.41, 5.74) is 2.72. The fourth-order valence-corrected chi connectivity index (χ4v) is 3.06. The minimum atomic E-state index is -0.103. The highest BCUT2D eigenvalue weighted by molar-refractivity contribution is 5.98. The highest BCUT2D eigenvalue weighted by Gasteiger charge is 2.21. The Hall–Kier alpha value is -2.43. The van der Waals surface area contributed by atoms with E-state index in [1.54, 1.807) is 6.20 Å². The van der Waals surface area contributed by atoms with E-state index in [9.17, 15) is 4.79 Å². The molecule has 24 heavy (non-hydrogen) atoms. The Labute approximate surface area is 143 Å². The molecule has 1 aromatic heterocycles. The Kier molecular flexibility index (Phi) is 5.08. The van der Waals surface area contributed by atoms with E-state index in [-0.39, 0.29) is 5.91 Å². The normalized spacial score (nSPS) is 14.5. The van der Waals surface area contributed by atoms with Crippen LogP contribution in [0.5, 0.6) is 0 Å². The lowest BCUT2D eigenvalue weighted by Crippen LogP contribution is -2.34. The first-order chi connectivity index (χ1) is 11.7. The van der Waals surface area contributed by atoms with Gasteiger partial charge in [-0.05, 0) is 39.2 Å². The molecule has 0 spiro atoms. The monoisotopic (exact) mass is 324 g/mol. The van der Waals surface area contributed by atoms with Crippen LogP contribution in [0.3, 0.4) is 0 Å². The van der Waals surface area contributed by atoms with Crippen molar-refractivity contribution in [3.63, 3.8) is 0 Å². The van der Waals surface area contributed by atoms with Crippen molar-refractivity contribution in [2.75, 3.05) is 24.5 Å². The molecule has 2 heterocycles. The number of amides is 1. The second-order valence-electron chi connectivity index (χ2n) is 6.21. The molecule has 0 saturated carbocycles. The summed E-state index contributed by atoms with van der Waals surface area (Å²) in [7, 11) is 0. The van der Waals surface area contributed by atoms with Gasteiger partial charge in [-0.3, -0.25) is 4.79 Å². The topological polar surface area (TPSA) is 58.1 Å². The quantitative estimate of drug-likeness (QED) is 0.938. The van der Waals surface area contributed by atoms with Gasteiger partial charge in [-0.15, -0.1) is 0 Å². The zero-order valence-electron chi connectivity index (χ0n) is 14.4. The third-order valence-electron chi connectivity index (χ3n) is 4.28. The van der Waals surface area contributed by atoms with Crippen molar-refractivity contribution in [1.29, 1.82) is 0 Å². The standard InChI is InChI=1S/C19H24N4O/c1-3-20-19(24)16-13-21-17(15-9-7-8-14(2)12-15)22-18(16)23-10-5-4-6-11-23/h7-9,12-13H,3-6,10-11H2,1-2H3,(H,20,24).